The van der Waals surface area contributed by atoms with Crippen LogP contribution in [0.15, 0.2) is 66.7 Å². The minimum absolute atomic E-state index is 0.151. The van der Waals surface area contributed by atoms with E-state index in [1.165, 1.54) is 51.0 Å². The van der Waals surface area contributed by atoms with Gasteiger partial charge in [0.2, 0.25) is 0 Å². The molecule has 0 aliphatic heterocycles. The quantitative estimate of drug-likeness (QED) is 0.146. The van der Waals surface area contributed by atoms with Crippen LogP contribution < -0.4 is 9.47 Å². The average molecular weight is 555 g/mol. The molecule has 218 valence electrons. The van der Waals surface area contributed by atoms with Gasteiger partial charge in [0.05, 0.1) is 18.8 Å². The van der Waals surface area contributed by atoms with Crippen molar-refractivity contribution < 1.29 is 22.6 Å². The lowest BCUT2D eigenvalue weighted by atomic mass is 9.91. The summed E-state index contributed by atoms with van der Waals surface area (Å²) in [6.07, 6.45) is 9.31. The van der Waals surface area contributed by atoms with Crippen LogP contribution in [0, 0.1) is 0 Å². The third kappa shape index (κ3) is 10.2. The molecule has 0 saturated carbocycles. The van der Waals surface area contributed by atoms with E-state index in [2.05, 4.69) is 13.8 Å². The molecule has 40 heavy (non-hydrogen) atoms. The molecule has 0 heterocycles. The number of benzene rings is 3. The van der Waals surface area contributed by atoms with Crippen LogP contribution in [0.1, 0.15) is 96.5 Å². The van der Waals surface area contributed by atoms with Gasteiger partial charge in [-0.05, 0) is 59.4 Å². The SMILES string of the molecule is CCCCCCCCOc1ccc(-c2ccccc2-c2ccc(OCCCCCCCC)cc2C(F)(F)F)cc1. The molecule has 0 radical (unpaired) electrons. The van der Waals surface area contributed by atoms with Crippen molar-refractivity contribution in [2.75, 3.05) is 13.2 Å². The van der Waals surface area contributed by atoms with Gasteiger partial charge in [0.1, 0.15) is 11.5 Å². The van der Waals surface area contributed by atoms with Crippen LogP contribution in [-0.4, -0.2) is 13.2 Å². The summed E-state index contributed by atoms with van der Waals surface area (Å²) in [5.74, 6) is 1.03. The fourth-order valence-corrected chi connectivity index (χ4v) is 4.93. The highest BCUT2D eigenvalue weighted by Gasteiger charge is 2.34. The van der Waals surface area contributed by atoms with E-state index in [1.54, 1.807) is 18.2 Å². The van der Waals surface area contributed by atoms with Crippen LogP contribution in [-0.2, 0) is 6.18 Å². The maximum absolute atomic E-state index is 14.2. The molecule has 0 N–H and O–H groups in total. The zero-order valence-electron chi connectivity index (χ0n) is 24.2. The van der Waals surface area contributed by atoms with Crippen molar-refractivity contribution in [1.29, 1.82) is 0 Å². The summed E-state index contributed by atoms with van der Waals surface area (Å²) in [6, 6.07) is 19.2. The van der Waals surface area contributed by atoms with Crippen LogP contribution in [0.25, 0.3) is 22.3 Å². The van der Waals surface area contributed by atoms with Crippen molar-refractivity contribution in [3.8, 4) is 33.8 Å². The van der Waals surface area contributed by atoms with Crippen LogP contribution >= 0.6 is 0 Å². The van der Waals surface area contributed by atoms with Gasteiger partial charge in [0, 0.05) is 0 Å². The van der Waals surface area contributed by atoms with Crippen molar-refractivity contribution in [2.45, 2.75) is 97.1 Å². The molecule has 0 fully saturated rings. The zero-order chi connectivity index (χ0) is 28.6. The molecule has 0 spiro atoms. The van der Waals surface area contributed by atoms with Gasteiger partial charge >= 0.3 is 6.18 Å². The van der Waals surface area contributed by atoms with E-state index in [0.717, 1.165) is 55.0 Å². The summed E-state index contributed by atoms with van der Waals surface area (Å²) in [6.45, 7) is 5.48. The monoisotopic (exact) mass is 554 g/mol. The lowest BCUT2D eigenvalue weighted by Crippen LogP contribution is -2.08. The van der Waals surface area contributed by atoms with Crippen molar-refractivity contribution >= 4 is 0 Å². The Hall–Kier alpha value is -2.95. The maximum atomic E-state index is 14.2. The predicted octanol–water partition coefficient (Wildman–Crippen LogP) is 11.5. The first-order chi connectivity index (χ1) is 19.4. The first kappa shape index (κ1) is 31.6. The van der Waals surface area contributed by atoms with Gasteiger partial charge in [-0.1, -0.05) is 121 Å². The van der Waals surface area contributed by atoms with E-state index in [0.29, 0.717) is 18.8 Å². The second-order valence-corrected chi connectivity index (χ2v) is 10.5. The smallest absolute Gasteiger partial charge is 0.417 e. The van der Waals surface area contributed by atoms with Gasteiger partial charge in [-0.15, -0.1) is 0 Å². The Morgan fingerprint density at radius 2 is 1.02 bits per heavy atom. The summed E-state index contributed by atoms with van der Waals surface area (Å²) in [5.41, 5.74) is 1.60. The molecular weight excluding hydrogens is 509 g/mol. The summed E-state index contributed by atoms with van der Waals surface area (Å²) >= 11 is 0. The molecule has 0 bridgehead atoms. The summed E-state index contributed by atoms with van der Waals surface area (Å²) in [5, 5.41) is 0. The fourth-order valence-electron chi connectivity index (χ4n) is 4.93. The minimum atomic E-state index is -4.50. The highest BCUT2D eigenvalue weighted by molar-refractivity contribution is 5.85. The largest absolute Gasteiger partial charge is 0.494 e. The van der Waals surface area contributed by atoms with Crippen LogP contribution in [0.2, 0.25) is 0 Å². The Balaban J connectivity index is 1.69. The van der Waals surface area contributed by atoms with Gasteiger partial charge < -0.3 is 9.47 Å². The lowest BCUT2D eigenvalue weighted by Gasteiger charge is -2.18. The van der Waals surface area contributed by atoms with Gasteiger partial charge in [0.15, 0.2) is 0 Å². The van der Waals surface area contributed by atoms with E-state index in [9.17, 15) is 13.2 Å². The van der Waals surface area contributed by atoms with E-state index >= 15 is 0 Å². The van der Waals surface area contributed by atoms with Gasteiger partial charge in [0.25, 0.3) is 0 Å². The molecule has 3 aromatic rings. The number of hydrogen-bond donors (Lipinski definition) is 0. The fraction of sp³-hybridized carbons (Fsp3) is 0.486. The average Bonchev–Trinajstić information content (AvgIpc) is 2.96. The molecule has 3 rings (SSSR count). The topological polar surface area (TPSA) is 18.5 Å². The molecule has 2 nitrogen and oxygen atoms in total. The highest BCUT2D eigenvalue weighted by atomic mass is 19.4. The molecule has 0 unspecified atom stereocenters. The molecule has 0 saturated heterocycles. The first-order valence-corrected chi connectivity index (χ1v) is 15.1. The van der Waals surface area contributed by atoms with Crippen LogP contribution in [0.5, 0.6) is 11.5 Å². The van der Waals surface area contributed by atoms with Gasteiger partial charge in [-0.2, -0.15) is 13.2 Å². The maximum Gasteiger partial charge on any atom is 0.417 e. The Bertz CT molecular complexity index is 1120. The molecule has 0 aromatic heterocycles. The number of hydrogen-bond acceptors (Lipinski definition) is 2. The number of alkyl halides is 3. The third-order valence-electron chi connectivity index (χ3n) is 7.21. The van der Waals surface area contributed by atoms with E-state index < -0.39 is 11.7 Å². The lowest BCUT2D eigenvalue weighted by molar-refractivity contribution is -0.137. The third-order valence-corrected chi connectivity index (χ3v) is 7.21. The second-order valence-electron chi connectivity index (χ2n) is 10.5. The Labute approximate surface area is 238 Å². The van der Waals surface area contributed by atoms with E-state index in [-0.39, 0.29) is 11.3 Å². The van der Waals surface area contributed by atoms with Crippen molar-refractivity contribution in [3.63, 3.8) is 0 Å². The van der Waals surface area contributed by atoms with Gasteiger partial charge in [-0.25, -0.2) is 0 Å². The molecular formula is C35H45F3O2. The van der Waals surface area contributed by atoms with Crippen molar-refractivity contribution in [2.24, 2.45) is 0 Å². The molecule has 0 aliphatic rings. The molecule has 0 aliphatic carbocycles. The van der Waals surface area contributed by atoms with Gasteiger partial charge in [-0.3, -0.25) is 0 Å². The number of unbranched alkanes of at least 4 members (excludes halogenated alkanes) is 10. The van der Waals surface area contributed by atoms with Crippen LogP contribution in [0.3, 0.4) is 0 Å². The number of halogens is 3. The first-order valence-electron chi connectivity index (χ1n) is 15.1. The Morgan fingerprint density at radius 1 is 0.525 bits per heavy atom. The second kappa shape index (κ2) is 17.0. The molecule has 3 aromatic carbocycles. The van der Waals surface area contributed by atoms with E-state index in [4.69, 9.17) is 9.47 Å². The predicted molar refractivity (Wildman–Crippen MR) is 160 cm³/mol. The molecule has 5 heteroatoms. The molecule has 0 atom stereocenters. The van der Waals surface area contributed by atoms with E-state index in [1.807, 2.05) is 36.4 Å². The van der Waals surface area contributed by atoms with Crippen molar-refractivity contribution in [1.82, 2.24) is 0 Å². The minimum Gasteiger partial charge on any atom is -0.494 e. The summed E-state index contributed by atoms with van der Waals surface area (Å²) in [7, 11) is 0. The number of rotatable bonds is 18. The molecule has 0 amide bonds. The van der Waals surface area contributed by atoms with Crippen LogP contribution in [0.4, 0.5) is 13.2 Å². The summed E-state index contributed by atoms with van der Waals surface area (Å²) in [4.78, 5) is 0. The normalized spacial score (nSPS) is 11.5. The van der Waals surface area contributed by atoms with Crippen molar-refractivity contribution in [3.05, 3.63) is 72.3 Å². The number of ether oxygens (including phenoxy) is 2. The highest BCUT2D eigenvalue weighted by Crippen LogP contribution is 2.42. The summed E-state index contributed by atoms with van der Waals surface area (Å²) < 4.78 is 54.3. The standard InChI is InChI=1S/C35H45F3O2/c1-3-5-7-9-11-15-25-39-29-21-19-28(20-22-29)31-17-13-14-18-32(31)33-24-23-30(27-34(33)35(36,37)38)40-26-16-12-10-8-6-4-2/h13-14,17-24,27H,3-12,15-16,25-26H2,1-2H3. The Kier molecular flexibility index (Phi) is 13.4. The Morgan fingerprint density at radius 3 is 1.60 bits per heavy atom. The zero-order valence-corrected chi connectivity index (χ0v) is 24.2.